The average molecular weight is 239 g/mol. The van der Waals surface area contributed by atoms with Crippen LogP contribution in [0.4, 0.5) is 0 Å². The quantitative estimate of drug-likeness (QED) is 0.759. The Kier molecular flexibility index (Phi) is 3.02. The Morgan fingerprint density at radius 3 is 3.00 bits per heavy atom. The Morgan fingerprint density at radius 2 is 2.38 bits per heavy atom. The van der Waals surface area contributed by atoms with Crippen LogP contribution in [0.25, 0.3) is 0 Å². The number of carbonyl (C=O) groups excluding carboxylic acids is 2. The van der Waals surface area contributed by atoms with Crippen molar-refractivity contribution >= 4 is 23.2 Å². The van der Waals surface area contributed by atoms with E-state index in [9.17, 15) is 9.59 Å². The molecule has 2 N–H and O–H groups in total. The number of hydrogen-bond donors (Lipinski definition) is 1. The second kappa shape index (κ2) is 4.31. The normalized spacial score (nSPS) is 21.6. The van der Waals surface area contributed by atoms with Gasteiger partial charge in [0, 0.05) is 11.8 Å². The minimum atomic E-state index is -0.544. The molecule has 0 radical (unpaired) electrons. The Bertz CT molecular complexity index is 429. The summed E-state index contributed by atoms with van der Waals surface area (Å²) in [4.78, 5) is 28.7. The van der Waals surface area contributed by atoms with Crippen LogP contribution in [-0.2, 0) is 16.1 Å². The highest BCUT2D eigenvalue weighted by Gasteiger charge is 2.32. The van der Waals surface area contributed by atoms with Gasteiger partial charge in [-0.25, -0.2) is 4.98 Å². The van der Waals surface area contributed by atoms with Crippen LogP contribution < -0.4 is 5.73 Å². The van der Waals surface area contributed by atoms with Gasteiger partial charge in [0.15, 0.2) is 0 Å². The van der Waals surface area contributed by atoms with E-state index in [1.54, 1.807) is 0 Å². The van der Waals surface area contributed by atoms with Crippen molar-refractivity contribution in [3.8, 4) is 0 Å². The molecule has 1 aliphatic heterocycles. The second-order valence-corrected chi connectivity index (χ2v) is 4.88. The zero-order valence-electron chi connectivity index (χ0n) is 8.97. The van der Waals surface area contributed by atoms with E-state index in [1.165, 1.54) is 16.2 Å². The van der Waals surface area contributed by atoms with Crippen LogP contribution in [0.1, 0.15) is 23.5 Å². The van der Waals surface area contributed by atoms with Gasteiger partial charge in [0.05, 0.1) is 23.3 Å². The maximum atomic E-state index is 11.7. The largest absolute Gasteiger partial charge is 0.320 e. The minimum Gasteiger partial charge on any atom is -0.320 e. The molecule has 86 valence electrons. The van der Waals surface area contributed by atoms with Crippen molar-refractivity contribution in [2.75, 3.05) is 0 Å². The first-order chi connectivity index (χ1) is 7.58. The monoisotopic (exact) mass is 239 g/mol. The van der Waals surface area contributed by atoms with Crippen molar-refractivity contribution in [2.45, 2.75) is 32.4 Å². The van der Waals surface area contributed by atoms with Crippen molar-refractivity contribution in [1.29, 1.82) is 0 Å². The maximum absolute atomic E-state index is 11.7. The van der Waals surface area contributed by atoms with Crippen LogP contribution in [0.5, 0.6) is 0 Å². The van der Waals surface area contributed by atoms with Crippen LogP contribution in [-0.4, -0.2) is 27.7 Å². The van der Waals surface area contributed by atoms with Crippen molar-refractivity contribution in [3.05, 3.63) is 16.1 Å². The summed E-state index contributed by atoms with van der Waals surface area (Å²) in [5.41, 5.74) is 6.38. The van der Waals surface area contributed by atoms with Gasteiger partial charge in [0.25, 0.3) is 0 Å². The van der Waals surface area contributed by atoms with Crippen molar-refractivity contribution in [2.24, 2.45) is 5.73 Å². The predicted octanol–water partition coefficient (Wildman–Crippen LogP) is 0.428. The van der Waals surface area contributed by atoms with Gasteiger partial charge in [-0.1, -0.05) is 0 Å². The summed E-state index contributed by atoms with van der Waals surface area (Å²) in [7, 11) is 0. The highest BCUT2D eigenvalue weighted by molar-refractivity contribution is 7.09. The fourth-order valence-corrected chi connectivity index (χ4v) is 2.27. The molecule has 1 unspecified atom stereocenters. The number of thiazole rings is 1. The molecule has 6 heteroatoms. The molecule has 16 heavy (non-hydrogen) atoms. The van der Waals surface area contributed by atoms with Crippen molar-refractivity contribution < 1.29 is 9.59 Å². The molecule has 2 amide bonds. The van der Waals surface area contributed by atoms with Gasteiger partial charge < -0.3 is 5.73 Å². The van der Waals surface area contributed by atoms with Crippen LogP contribution in [0, 0.1) is 6.92 Å². The van der Waals surface area contributed by atoms with Gasteiger partial charge in [-0.3, -0.25) is 14.5 Å². The number of rotatable bonds is 2. The fraction of sp³-hybridized carbons (Fsp3) is 0.500. The Labute approximate surface area is 97.3 Å². The summed E-state index contributed by atoms with van der Waals surface area (Å²) in [6.07, 6.45) is 0.792. The first kappa shape index (κ1) is 11.2. The van der Waals surface area contributed by atoms with Crippen LogP contribution in [0.2, 0.25) is 0 Å². The zero-order valence-corrected chi connectivity index (χ0v) is 9.79. The third-order valence-corrected chi connectivity index (χ3v) is 3.36. The number of piperidine rings is 1. The lowest BCUT2D eigenvalue weighted by Crippen LogP contribution is -2.50. The molecular formula is C10H13N3O2S. The number of aryl methyl sites for hydroxylation is 1. The first-order valence-corrected chi connectivity index (χ1v) is 5.96. The average Bonchev–Trinajstić information content (AvgIpc) is 2.65. The molecule has 1 fully saturated rings. The first-order valence-electron chi connectivity index (χ1n) is 5.08. The van der Waals surface area contributed by atoms with E-state index in [4.69, 9.17) is 5.73 Å². The van der Waals surface area contributed by atoms with E-state index >= 15 is 0 Å². The highest BCUT2D eigenvalue weighted by Crippen LogP contribution is 2.16. The van der Waals surface area contributed by atoms with E-state index in [1.807, 2.05) is 12.3 Å². The second-order valence-electron chi connectivity index (χ2n) is 3.82. The van der Waals surface area contributed by atoms with Gasteiger partial charge in [0.2, 0.25) is 11.8 Å². The minimum absolute atomic E-state index is 0.155. The number of nitrogens with two attached hydrogens (primary N) is 1. The predicted molar refractivity (Wildman–Crippen MR) is 59.6 cm³/mol. The van der Waals surface area contributed by atoms with E-state index in [0.717, 1.165) is 10.7 Å². The Balaban J connectivity index is 2.13. The molecule has 1 aromatic rings. The number of carbonyl (C=O) groups is 2. The number of aromatic nitrogens is 1. The van der Waals surface area contributed by atoms with Crippen molar-refractivity contribution in [1.82, 2.24) is 9.88 Å². The molecule has 5 nitrogen and oxygen atoms in total. The van der Waals surface area contributed by atoms with Gasteiger partial charge in [-0.05, 0) is 13.3 Å². The molecule has 0 spiro atoms. The molecule has 1 atom stereocenters. The highest BCUT2D eigenvalue weighted by atomic mass is 32.1. The van der Waals surface area contributed by atoms with E-state index < -0.39 is 6.04 Å². The Hall–Kier alpha value is -1.27. The number of imide groups is 1. The van der Waals surface area contributed by atoms with E-state index in [-0.39, 0.29) is 18.4 Å². The summed E-state index contributed by atoms with van der Waals surface area (Å²) < 4.78 is 0. The third-order valence-electron chi connectivity index (χ3n) is 2.54. The van der Waals surface area contributed by atoms with E-state index in [2.05, 4.69) is 4.98 Å². The van der Waals surface area contributed by atoms with Crippen LogP contribution in [0.15, 0.2) is 5.38 Å². The lowest BCUT2D eigenvalue weighted by Gasteiger charge is -2.27. The topological polar surface area (TPSA) is 76.3 Å². The van der Waals surface area contributed by atoms with Crippen LogP contribution in [0.3, 0.4) is 0 Å². The SMILES string of the molecule is Cc1nc(CN2C(=O)CCC(N)C2=O)cs1. The summed E-state index contributed by atoms with van der Waals surface area (Å²) in [6.45, 7) is 2.13. The molecule has 1 aromatic heterocycles. The number of likely N-dealkylation sites (tertiary alicyclic amines) is 1. The standard InChI is InChI=1S/C10H13N3O2S/c1-6-12-7(5-16-6)4-13-9(14)3-2-8(11)10(13)15/h5,8H,2-4,11H2,1H3. The van der Waals surface area contributed by atoms with Gasteiger partial charge in [0.1, 0.15) is 0 Å². The number of hydrogen-bond acceptors (Lipinski definition) is 5. The molecule has 0 saturated carbocycles. The van der Waals surface area contributed by atoms with Gasteiger partial charge >= 0.3 is 0 Å². The fourth-order valence-electron chi connectivity index (χ4n) is 1.67. The molecule has 1 aliphatic rings. The molecule has 2 heterocycles. The third kappa shape index (κ3) is 2.12. The van der Waals surface area contributed by atoms with Crippen molar-refractivity contribution in [3.63, 3.8) is 0 Å². The molecule has 0 aromatic carbocycles. The maximum Gasteiger partial charge on any atom is 0.246 e. The lowest BCUT2D eigenvalue weighted by atomic mass is 10.1. The molecule has 1 saturated heterocycles. The summed E-state index contributed by atoms with van der Waals surface area (Å²) in [5, 5.41) is 2.78. The van der Waals surface area contributed by atoms with Gasteiger partial charge in [-0.2, -0.15) is 0 Å². The lowest BCUT2D eigenvalue weighted by molar-refractivity contribution is -0.149. The number of amides is 2. The van der Waals surface area contributed by atoms with Crippen LogP contribution >= 0.6 is 11.3 Å². The van der Waals surface area contributed by atoms with Gasteiger partial charge in [-0.15, -0.1) is 11.3 Å². The molecule has 0 aliphatic carbocycles. The molecular weight excluding hydrogens is 226 g/mol. The number of nitrogens with zero attached hydrogens (tertiary/aromatic N) is 2. The molecule has 0 bridgehead atoms. The summed E-state index contributed by atoms with van der Waals surface area (Å²) in [5.74, 6) is -0.445. The van der Waals surface area contributed by atoms with E-state index in [0.29, 0.717) is 12.8 Å². The summed E-state index contributed by atoms with van der Waals surface area (Å²) >= 11 is 1.50. The smallest absolute Gasteiger partial charge is 0.246 e. The zero-order chi connectivity index (χ0) is 11.7. The Morgan fingerprint density at radius 1 is 1.62 bits per heavy atom. The molecule has 2 rings (SSSR count). The summed E-state index contributed by atoms with van der Waals surface area (Å²) in [6, 6.07) is -0.544.